The number of hydrogen-bond acceptors (Lipinski definition) is 6. The number of aromatic amines is 1. The van der Waals surface area contributed by atoms with Crippen LogP contribution in [0.1, 0.15) is 66.6 Å². The highest BCUT2D eigenvalue weighted by Gasteiger charge is 2.23. The van der Waals surface area contributed by atoms with Gasteiger partial charge < -0.3 is 9.72 Å². The lowest BCUT2D eigenvalue weighted by atomic mass is 9.87. The Balaban J connectivity index is 1.28. The van der Waals surface area contributed by atoms with E-state index in [9.17, 15) is 0 Å². The van der Waals surface area contributed by atoms with Crippen molar-refractivity contribution in [1.29, 1.82) is 0 Å². The summed E-state index contributed by atoms with van der Waals surface area (Å²) in [6.07, 6.45) is 9.90. The minimum absolute atomic E-state index is 0.366. The maximum absolute atomic E-state index is 5.46. The van der Waals surface area contributed by atoms with Crippen LogP contribution in [0, 0.1) is 6.92 Å². The molecule has 4 aromatic heterocycles. The van der Waals surface area contributed by atoms with Gasteiger partial charge in [-0.25, -0.2) is 19.5 Å². The fourth-order valence-electron chi connectivity index (χ4n) is 5.89. The smallest absolute Gasteiger partial charge is 0.160 e. The van der Waals surface area contributed by atoms with Gasteiger partial charge in [0.2, 0.25) is 0 Å². The number of methoxy groups -OCH3 is 1. The van der Waals surface area contributed by atoms with Gasteiger partial charge in [-0.15, -0.1) is 0 Å². The molecule has 1 aromatic carbocycles. The van der Waals surface area contributed by atoms with Crippen LogP contribution in [-0.2, 0) is 17.9 Å². The van der Waals surface area contributed by atoms with E-state index in [1.165, 1.54) is 27.6 Å². The number of ether oxygens (including phenoxy) is 1. The number of fused-ring (bicyclic) bond motifs is 2. The molecule has 1 fully saturated rings. The highest BCUT2D eigenvalue weighted by molar-refractivity contribution is 5.92. The molecule has 0 amide bonds. The summed E-state index contributed by atoms with van der Waals surface area (Å²) >= 11 is 0. The lowest BCUT2D eigenvalue weighted by Crippen LogP contribution is -2.32. The number of aryl methyl sites for hydroxylation is 1. The molecule has 0 saturated carbocycles. The largest absolute Gasteiger partial charge is 0.380 e. The Kier molecular flexibility index (Phi) is 6.68. The summed E-state index contributed by atoms with van der Waals surface area (Å²) in [5.41, 5.74) is 9.27. The number of aromatic nitrogens is 6. The summed E-state index contributed by atoms with van der Waals surface area (Å²) in [4.78, 5) is 19.4. The zero-order chi connectivity index (χ0) is 26.2. The molecule has 196 valence electrons. The highest BCUT2D eigenvalue weighted by atomic mass is 16.5. The lowest BCUT2D eigenvalue weighted by Gasteiger charge is -2.32. The number of benzene rings is 1. The predicted octanol–water partition coefficient (Wildman–Crippen LogP) is 5.63. The van der Waals surface area contributed by atoms with Crippen molar-refractivity contribution in [3.05, 3.63) is 77.3 Å². The molecule has 0 aliphatic carbocycles. The van der Waals surface area contributed by atoms with Crippen LogP contribution in [0.2, 0.25) is 0 Å². The molecule has 0 unspecified atom stereocenters. The molecular weight excluding hydrogens is 474 g/mol. The Hall–Kier alpha value is -3.62. The Morgan fingerprint density at radius 3 is 2.61 bits per heavy atom. The third kappa shape index (κ3) is 4.70. The molecule has 0 bridgehead atoms. The topological polar surface area (TPSA) is 84.2 Å². The van der Waals surface area contributed by atoms with Crippen LogP contribution in [0.15, 0.2) is 49.2 Å². The summed E-state index contributed by atoms with van der Waals surface area (Å²) in [5.74, 6) is 1.76. The molecule has 0 atom stereocenters. The van der Waals surface area contributed by atoms with Gasteiger partial charge in [0.15, 0.2) is 5.65 Å². The van der Waals surface area contributed by atoms with E-state index < -0.39 is 0 Å². The Morgan fingerprint density at radius 1 is 1.08 bits per heavy atom. The highest BCUT2D eigenvalue weighted by Crippen LogP contribution is 2.38. The first-order valence-electron chi connectivity index (χ1n) is 13.5. The van der Waals surface area contributed by atoms with E-state index in [2.05, 4.69) is 74.2 Å². The van der Waals surface area contributed by atoms with Crippen molar-refractivity contribution < 1.29 is 4.74 Å². The zero-order valence-corrected chi connectivity index (χ0v) is 22.6. The molecule has 1 aliphatic rings. The zero-order valence-electron chi connectivity index (χ0n) is 22.6. The van der Waals surface area contributed by atoms with Gasteiger partial charge in [-0.1, -0.05) is 19.9 Å². The quantitative estimate of drug-likeness (QED) is 0.306. The van der Waals surface area contributed by atoms with Gasteiger partial charge in [-0.2, -0.15) is 5.10 Å². The van der Waals surface area contributed by atoms with E-state index in [1.54, 1.807) is 13.4 Å². The van der Waals surface area contributed by atoms with Crippen molar-refractivity contribution in [2.45, 2.75) is 58.6 Å². The van der Waals surface area contributed by atoms with Gasteiger partial charge in [-0.05, 0) is 74.0 Å². The predicted molar refractivity (Wildman–Crippen MR) is 149 cm³/mol. The summed E-state index contributed by atoms with van der Waals surface area (Å²) in [6, 6.07) is 9.20. The molecule has 0 spiro atoms. The monoisotopic (exact) mass is 509 g/mol. The second kappa shape index (κ2) is 10.3. The number of nitrogens with one attached hydrogen (secondary N) is 1. The van der Waals surface area contributed by atoms with Crippen molar-refractivity contribution in [3.63, 3.8) is 0 Å². The fraction of sp³-hybridized carbons (Fsp3) is 0.400. The van der Waals surface area contributed by atoms with Gasteiger partial charge in [0, 0.05) is 59.8 Å². The first kappa shape index (κ1) is 24.7. The minimum atomic E-state index is 0.366. The number of H-pyrrole nitrogens is 1. The number of hydrogen-bond donors (Lipinski definition) is 1. The van der Waals surface area contributed by atoms with E-state index in [-0.39, 0.29) is 0 Å². The summed E-state index contributed by atoms with van der Waals surface area (Å²) in [5, 5.41) is 5.73. The van der Waals surface area contributed by atoms with Gasteiger partial charge in [0.05, 0.1) is 12.3 Å². The van der Waals surface area contributed by atoms with E-state index in [1.807, 2.05) is 23.8 Å². The number of nitrogens with zero attached hydrogens (tertiary/aromatic N) is 6. The first-order chi connectivity index (χ1) is 18.5. The number of piperidine rings is 1. The van der Waals surface area contributed by atoms with Crippen LogP contribution < -0.4 is 0 Å². The average Bonchev–Trinajstić information content (AvgIpc) is 3.55. The van der Waals surface area contributed by atoms with E-state index in [0.29, 0.717) is 18.4 Å². The number of pyridine rings is 1. The van der Waals surface area contributed by atoms with E-state index >= 15 is 0 Å². The maximum Gasteiger partial charge on any atom is 0.160 e. The van der Waals surface area contributed by atoms with Crippen molar-refractivity contribution in [2.24, 2.45) is 0 Å². The van der Waals surface area contributed by atoms with Crippen LogP contribution in [0.4, 0.5) is 0 Å². The number of rotatable bonds is 7. The maximum atomic E-state index is 5.46. The van der Waals surface area contributed by atoms with Crippen LogP contribution in [0.25, 0.3) is 27.8 Å². The van der Waals surface area contributed by atoms with Crippen molar-refractivity contribution in [2.75, 3.05) is 20.2 Å². The normalized spacial score (nSPS) is 15.3. The molecule has 1 saturated heterocycles. The van der Waals surface area contributed by atoms with Gasteiger partial charge in [0.25, 0.3) is 0 Å². The van der Waals surface area contributed by atoms with Crippen molar-refractivity contribution in [3.8, 4) is 11.3 Å². The standard InChI is InChI=1S/C30H35N7O/c1-19(2)28-26-12-23(22-7-9-36(10-8-22)15-21-13-31-20(3)32-14-21)5-6-27(26)35-29(28)24-11-25(17-38-4)30-33-18-34-37(30)16-24/h5-6,11-14,16,18-19,22,35H,7-10,15,17H2,1-4H3. The summed E-state index contributed by atoms with van der Waals surface area (Å²) in [6.45, 7) is 10.1. The van der Waals surface area contributed by atoms with Crippen molar-refractivity contribution in [1.82, 2.24) is 34.4 Å². The minimum Gasteiger partial charge on any atom is -0.380 e. The van der Waals surface area contributed by atoms with Gasteiger partial charge in [-0.3, -0.25) is 4.90 Å². The molecule has 8 heteroatoms. The summed E-state index contributed by atoms with van der Waals surface area (Å²) < 4.78 is 7.31. The van der Waals surface area contributed by atoms with Gasteiger partial charge >= 0.3 is 0 Å². The summed E-state index contributed by atoms with van der Waals surface area (Å²) in [7, 11) is 1.71. The first-order valence-corrected chi connectivity index (χ1v) is 13.5. The fourth-order valence-corrected chi connectivity index (χ4v) is 5.89. The Labute approximate surface area is 223 Å². The Morgan fingerprint density at radius 2 is 1.87 bits per heavy atom. The second-order valence-electron chi connectivity index (χ2n) is 10.8. The molecule has 1 aliphatic heterocycles. The van der Waals surface area contributed by atoms with Crippen LogP contribution >= 0.6 is 0 Å². The SMILES string of the molecule is COCc1cc(-c2[nH]c3ccc(C4CCN(Cc5cnc(C)nc5)CC4)cc3c2C(C)C)cn2ncnc12. The molecular formula is C30H35N7O. The molecule has 6 rings (SSSR count). The molecule has 1 N–H and O–H groups in total. The van der Waals surface area contributed by atoms with Crippen LogP contribution in [0.5, 0.6) is 0 Å². The Bertz CT molecular complexity index is 1560. The van der Waals surface area contributed by atoms with Crippen molar-refractivity contribution >= 4 is 16.6 Å². The molecule has 8 nitrogen and oxygen atoms in total. The lowest BCUT2D eigenvalue weighted by molar-refractivity contribution is 0.185. The second-order valence-corrected chi connectivity index (χ2v) is 10.8. The van der Waals surface area contributed by atoms with Gasteiger partial charge in [0.1, 0.15) is 12.2 Å². The number of likely N-dealkylation sites (tertiary alicyclic amines) is 1. The van der Waals surface area contributed by atoms with Crippen LogP contribution in [0.3, 0.4) is 0 Å². The van der Waals surface area contributed by atoms with Crippen LogP contribution in [-0.4, -0.2) is 54.6 Å². The third-order valence-electron chi connectivity index (χ3n) is 7.78. The van der Waals surface area contributed by atoms with E-state index in [0.717, 1.165) is 60.8 Å². The van der Waals surface area contributed by atoms with E-state index in [4.69, 9.17) is 4.74 Å². The molecule has 0 radical (unpaired) electrons. The molecule has 5 aromatic rings. The molecule has 5 heterocycles. The third-order valence-corrected chi connectivity index (χ3v) is 7.78. The average molecular weight is 510 g/mol. The molecule has 38 heavy (non-hydrogen) atoms.